The van der Waals surface area contributed by atoms with Crippen LogP contribution in [0.3, 0.4) is 0 Å². The predicted octanol–water partition coefficient (Wildman–Crippen LogP) is 3.17. The zero-order valence-electron chi connectivity index (χ0n) is 9.26. The molecule has 3 heteroatoms. The molecule has 0 saturated heterocycles. The fourth-order valence-corrected chi connectivity index (χ4v) is 2.01. The summed E-state index contributed by atoms with van der Waals surface area (Å²) in [6.45, 7) is 4.94. The van der Waals surface area contributed by atoms with Gasteiger partial charge in [0, 0.05) is 0 Å². The van der Waals surface area contributed by atoms with Gasteiger partial charge in [-0.2, -0.15) is 0 Å². The van der Waals surface area contributed by atoms with Gasteiger partial charge in [-0.1, -0.05) is 19.9 Å². The van der Waals surface area contributed by atoms with Crippen LogP contribution < -0.4 is 5.73 Å². The van der Waals surface area contributed by atoms with E-state index in [4.69, 9.17) is 5.73 Å². The van der Waals surface area contributed by atoms with Crippen LogP contribution in [0.2, 0.25) is 0 Å². The largest absolute Gasteiger partial charge is 0.506 e. The summed E-state index contributed by atoms with van der Waals surface area (Å²) in [4.78, 5) is 0. The molecule has 0 aliphatic carbocycles. The molecule has 0 spiro atoms. The zero-order chi connectivity index (χ0) is 11.4. The highest BCUT2D eigenvalue weighted by molar-refractivity contribution is 9.10. The highest BCUT2D eigenvalue weighted by atomic mass is 79.9. The van der Waals surface area contributed by atoms with Gasteiger partial charge < -0.3 is 10.8 Å². The molecule has 0 unspecified atom stereocenters. The van der Waals surface area contributed by atoms with Crippen molar-refractivity contribution in [2.75, 3.05) is 6.54 Å². The van der Waals surface area contributed by atoms with Gasteiger partial charge in [-0.25, -0.2) is 0 Å². The highest BCUT2D eigenvalue weighted by Gasteiger charge is 2.09. The minimum Gasteiger partial charge on any atom is -0.506 e. The molecule has 0 aliphatic heterocycles. The van der Waals surface area contributed by atoms with Gasteiger partial charge in [0.2, 0.25) is 0 Å². The van der Waals surface area contributed by atoms with E-state index in [-0.39, 0.29) is 0 Å². The number of phenolic OH excluding ortho intramolecular Hbond substituents is 1. The minimum atomic E-state index is 0.354. The number of aromatic hydroxyl groups is 1. The fraction of sp³-hybridized carbons (Fsp3) is 0.500. The Bertz CT molecular complexity index is 337. The zero-order valence-corrected chi connectivity index (χ0v) is 10.8. The van der Waals surface area contributed by atoms with Gasteiger partial charge in [-0.05, 0) is 58.4 Å². The number of nitrogens with two attached hydrogens (primary N) is 1. The van der Waals surface area contributed by atoms with E-state index in [0.29, 0.717) is 18.2 Å². The third-order valence-electron chi connectivity index (χ3n) is 2.48. The lowest BCUT2D eigenvalue weighted by Crippen LogP contribution is -2.01. The quantitative estimate of drug-likeness (QED) is 0.884. The van der Waals surface area contributed by atoms with Crippen LogP contribution in [-0.2, 0) is 6.42 Å². The van der Waals surface area contributed by atoms with E-state index in [1.165, 1.54) is 5.56 Å². The van der Waals surface area contributed by atoms with Crippen LogP contribution in [0.25, 0.3) is 0 Å². The Morgan fingerprint density at radius 3 is 2.60 bits per heavy atom. The van der Waals surface area contributed by atoms with Crippen LogP contribution in [0.1, 0.15) is 37.3 Å². The minimum absolute atomic E-state index is 0.354. The summed E-state index contributed by atoms with van der Waals surface area (Å²) in [6, 6.07) is 4.05. The molecule has 0 heterocycles. The van der Waals surface area contributed by atoms with Crippen molar-refractivity contribution in [2.24, 2.45) is 5.73 Å². The number of hydrogen-bond acceptors (Lipinski definition) is 2. The lowest BCUT2D eigenvalue weighted by atomic mass is 9.98. The van der Waals surface area contributed by atoms with Crippen LogP contribution in [0, 0.1) is 0 Å². The van der Waals surface area contributed by atoms with Crippen molar-refractivity contribution in [3.05, 3.63) is 27.7 Å². The SMILES string of the molecule is CC(C)c1cc(Br)c(O)c(CCCN)c1. The maximum Gasteiger partial charge on any atom is 0.132 e. The van der Waals surface area contributed by atoms with Gasteiger partial charge in [0.25, 0.3) is 0 Å². The summed E-state index contributed by atoms with van der Waals surface area (Å²) >= 11 is 3.38. The van der Waals surface area contributed by atoms with Crippen molar-refractivity contribution in [1.82, 2.24) is 0 Å². The van der Waals surface area contributed by atoms with Crippen LogP contribution >= 0.6 is 15.9 Å². The molecular weight excluding hydrogens is 254 g/mol. The topological polar surface area (TPSA) is 46.2 Å². The maximum atomic E-state index is 9.84. The summed E-state index contributed by atoms with van der Waals surface area (Å²) in [5, 5.41) is 9.84. The van der Waals surface area contributed by atoms with Gasteiger partial charge in [0.05, 0.1) is 4.47 Å². The Kier molecular flexibility index (Phi) is 4.61. The number of phenols is 1. The maximum absolute atomic E-state index is 9.84. The van der Waals surface area contributed by atoms with Crippen LogP contribution in [0.4, 0.5) is 0 Å². The van der Waals surface area contributed by atoms with Crippen LogP contribution in [0.5, 0.6) is 5.75 Å². The molecule has 15 heavy (non-hydrogen) atoms. The Hall–Kier alpha value is -0.540. The average molecular weight is 272 g/mol. The van der Waals surface area contributed by atoms with E-state index in [1.54, 1.807) is 0 Å². The van der Waals surface area contributed by atoms with Crippen molar-refractivity contribution in [3.8, 4) is 5.75 Å². The molecule has 84 valence electrons. The van der Waals surface area contributed by atoms with E-state index < -0.39 is 0 Å². The second kappa shape index (κ2) is 5.52. The fourth-order valence-electron chi connectivity index (χ4n) is 1.50. The van der Waals surface area contributed by atoms with E-state index in [0.717, 1.165) is 22.9 Å². The average Bonchev–Trinajstić information content (AvgIpc) is 2.19. The monoisotopic (exact) mass is 271 g/mol. The number of hydrogen-bond donors (Lipinski definition) is 2. The van der Waals surface area contributed by atoms with Crippen molar-refractivity contribution >= 4 is 15.9 Å². The summed E-state index contributed by atoms with van der Waals surface area (Å²) in [5.74, 6) is 0.825. The molecule has 1 aromatic rings. The third-order valence-corrected chi connectivity index (χ3v) is 3.09. The van der Waals surface area contributed by atoms with Crippen LogP contribution in [-0.4, -0.2) is 11.7 Å². The lowest BCUT2D eigenvalue weighted by molar-refractivity contribution is 0.463. The van der Waals surface area contributed by atoms with Gasteiger partial charge >= 0.3 is 0 Å². The van der Waals surface area contributed by atoms with Gasteiger partial charge in [-0.3, -0.25) is 0 Å². The van der Waals surface area contributed by atoms with E-state index >= 15 is 0 Å². The third kappa shape index (κ3) is 3.21. The number of halogens is 1. The Balaban J connectivity index is 3.02. The molecule has 0 aliphatic rings. The molecule has 0 saturated carbocycles. The second-order valence-corrected chi connectivity index (χ2v) is 4.91. The van der Waals surface area contributed by atoms with Crippen molar-refractivity contribution in [3.63, 3.8) is 0 Å². The molecule has 0 amide bonds. The summed E-state index contributed by atoms with van der Waals surface area (Å²) in [5.41, 5.74) is 7.70. The number of rotatable bonds is 4. The van der Waals surface area contributed by atoms with Crippen molar-refractivity contribution in [1.29, 1.82) is 0 Å². The molecule has 0 atom stereocenters. The van der Waals surface area contributed by atoms with Crippen molar-refractivity contribution in [2.45, 2.75) is 32.6 Å². The number of benzene rings is 1. The van der Waals surface area contributed by atoms with E-state index in [1.807, 2.05) is 6.07 Å². The first kappa shape index (κ1) is 12.5. The first-order chi connectivity index (χ1) is 7.06. The first-order valence-electron chi connectivity index (χ1n) is 5.27. The molecule has 0 radical (unpaired) electrons. The summed E-state index contributed by atoms with van der Waals surface area (Å²) < 4.78 is 0.778. The lowest BCUT2D eigenvalue weighted by Gasteiger charge is -2.12. The molecule has 1 rings (SSSR count). The van der Waals surface area contributed by atoms with Gasteiger partial charge in [-0.15, -0.1) is 0 Å². The molecule has 3 N–H and O–H groups in total. The van der Waals surface area contributed by atoms with E-state index in [2.05, 4.69) is 35.8 Å². The normalized spacial score (nSPS) is 11.0. The smallest absolute Gasteiger partial charge is 0.132 e. The molecular formula is C12H18BrNO. The molecule has 0 fully saturated rings. The standard InChI is InChI=1S/C12H18BrNO/c1-8(2)10-6-9(4-3-5-14)12(15)11(13)7-10/h6-8,15H,3-5,14H2,1-2H3. The highest BCUT2D eigenvalue weighted by Crippen LogP contribution is 2.32. The molecule has 0 bridgehead atoms. The first-order valence-corrected chi connectivity index (χ1v) is 6.07. The Labute approximate surface area is 99.6 Å². The summed E-state index contributed by atoms with van der Waals surface area (Å²) in [7, 11) is 0. The Morgan fingerprint density at radius 2 is 2.07 bits per heavy atom. The van der Waals surface area contributed by atoms with Crippen LogP contribution in [0.15, 0.2) is 16.6 Å². The number of aryl methyl sites for hydroxylation is 1. The van der Waals surface area contributed by atoms with E-state index in [9.17, 15) is 5.11 Å². The predicted molar refractivity (Wildman–Crippen MR) is 67.3 cm³/mol. The molecule has 1 aromatic carbocycles. The van der Waals surface area contributed by atoms with Gasteiger partial charge in [0.1, 0.15) is 5.75 Å². The molecule has 0 aromatic heterocycles. The van der Waals surface area contributed by atoms with Crippen molar-refractivity contribution < 1.29 is 5.11 Å². The second-order valence-electron chi connectivity index (χ2n) is 4.06. The summed E-state index contributed by atoms with van der Waals surface area (Å²) in [6.07, 6.45) is 1.74. The van der Waals surface area contributed by atoms with Gasteiger partial charge in [0.15, 0.2) is 0 Å². The molecule has 2 nitrogen and oxygen atoms in total. The Morgan fingerprint density at radius 1 is 1.40 bits per heavy atom.